The first-order chi connectivity index (χ1) is 6.93. The highest BCUT2D eigenvalue weighted by Crippen LogP contribution is 2.34. The predicted molar refractivity (Wildman–Crippen MR) is 57.5 cm³/mol. The van der Waals surface area contributed by atoms with E-state index < -0.39 is 0 Å². The molecule has 74 valence electrons. The molecule has 2 N–H and O–H groups in total. The fourth-order valence-electron chi connectivity index (χ4n) is 2.57. The molecule has 1 fully saturated rings. The van der Waals surface area contributed by atoms with Crippen molar-refractivity contribution in [3.63, 3.8) is 0 Å². The summed E-state index contributed by atoms with van der Waals surface area (Å²) in [5.41, 5.74) is 2.37. The van der Waals surface area contributed by atoms with E-state index in [0.29, 0.717) is 6.04 Å². The van der Waals surface area contributed by atoms with Crippen LogP contribution in [0.3, 0.4) is 0 Å². The van der Waals surface area contributed by atoms with E-state index in [9.17, 15) is 0 Å². The Bertz CT molecular complexity index is 337. The molecule has 1 aromatic heterocycles. The molecule has 14 heavy (non-hydrogen) atoms. The Balaban J connectivity index is 1.93. The molecule has 1 saturated carbocycles. The summed E-state index contributed by atoms with van der Waals surface area (Å²) in [4.78, 5) is 4.13. The Kier molecular flexibility index (Phi) is 1.82. The lowest BCUT2D eigenvalue weighted by Crippen LogP contribution is -2.25. The molecule has 0 aromatic carbocycles. The van der Waals surface area contributed by atoms with Gasteiger partial charge in [-0.15, -0.1) is 0 Å². The molecule has 3 rings (SSSR count). The average Bonchev–Trinajstić information content (AvgIpc) is 2.58. The summed E-state index contributed by atoms with van der Waals surface area (Å²) in [6.45, 7) is 1.09. The van der Waals surface area contributed by atoms with Crippen LogP contribution in [0.4, 0.5) is 11.4 Å². The molecule has 2 atom stereocenters. The number of hydrogen-bond acceptors (Lipinski definition) is 3. The third-order valence-corrected chi connectivity index (χ3v) is 3.38. The summed E-state index contributed by atoms with van der Waals surface area (Å²) < 4.78 is 0. The average molecular weight is 189 g/mol. The van der Waals surface area contributed by atoms with Gasteiger partial charge in [-0.1, -0.05) is 6.42 Å². The number of anilines is 2. The van der Waals surface area contributed by atoms with Gasteiger partial charge in [-0.05, 0) is 24.8 Å². The van der Waals surface area contributed by atoms with Crippen molar-refractivity contribution >= 4 is 11.4 Å². The fourth-order valence-corrected chi connectivity index (χ4v) is 2.57. The molecule has 0 radical (unpaired) electrons. The largest absolute Gasteiger partial charge is 0.382 e. The number of hydrogen-bond donors (Lipinski definition) is 2. The zero-order chi connectivity index (χ0) is 9.38. The molecule has 2 unspecified atom stereocenters. The van der Waals surface area contributed by atoms with Crippen molar-refractivity contribution in [3.05, 3.63) is 18.5 Å². The van der Waals surface area contributed by atoms with Gasteiger partial charge in [0.2, 0.25) is 0 Å². The first-order valence-corrected chi connectivity index (χ1v) is 5.38. The molecule has 3 heteroatoms. The summed E-state index contributed by atoms with van der Waals surface area (Å²) in [5, 5.41) is 7.09. The van der Waals surface area contributed by atoms with Crippen LogP contribution in [-0.2, 0) is 0 Å². The lowest BCUT2D eigenvalue weighted by atomic mass is 10.0. The topological polar surface area (TPSA) is 37.0 Å². The lowest BCUT2D eigenvalue weighted by molar-refractivity contribution is 0.537. The van der Waals surface area contributed by atoms with Crippen LogP contribution >= 0.6 is 0 Å². The van der Waals surface area contributed by atoms with Gasteiger partial charge < -0.3 is 10.6 Å². The van der Waals surface area contributed by atoms with E-state index in [4.69, 9.17) is 0 Å². The van der Waals surface area contributed by atoms with Gasteiger partial charge in [-0.3, -0.25) is 4.98 Å². The molecule has 1 aromatic rings. The Morgan fingerprint density at radius 2 is 2.29 bits per heavy atom. The van der Waals surface area contributed by atoms with Crippen molar-refractivity contribution in [3.8, 4) is 0 Å². The summed E-state index contributed by atoms with van der Waals surface area (Å²) in [6, 6.07) is 2.73. The van der Waals surface area contributed by atoms with E-state index in [-0.39, 0.29) is 0 Å². The van der Waals surface area contributed by atoms with Gasteiger partial charge in [-0.25, -0.2) is 0 Å². The molecule has 0 spiro atoms. The van der Waals surface area contributed by atoms with Crippen molar-refractivity contribution < 1.29 is 0 Å². The van der Waals surface area contributed by atoms with Crippen LogP contribution in [0.25, 0.3) is 0 Å². The number of rotatable bonds is 0. The van der Waals surface area contributed by atoms with Crippen LogP contribution in [0.15, 0.2) is 18.5 Å². The number of pyridine rings is 1. The second kappa shape index (κ2) is 3.15. The van der Waals surface area contributed by atoms with Gasteiger partial charge in [0.15, 0.2) is 0 Å². The van der Waals surface area contributed by atoms with Gasteiger partial charge in [0.25, 0.3) is 0 Å². The van der Waals surface area contributed by atoms with Crippen molar-refractivity contribution in [2.75, 3.05) is 17.2 Å². The monoisotopic (exact) mass is 189 g/mol. The molecule has 0 saturated heterocycles. The lowest BCUT2D eigenvalue weighted by Gasteiger charge is -2.17. The van der Waals surface area contributed by atoms with E-state index in [0.717, 1.165) is 18.2 Å². The van der Waals surface area contributed by atoms with E-state index in [2.05, 4.69) is 21.7 Å². The Morgan fingerprint density at radius 3 is 3.29 bits per heavy atom. The molecule has 1 aliphatic carbocycles. The zero-order valence-corrected chi connectivity index (χ0v) is 8.16. The summed E-state index contributed by atoms with van der Waals surface area (Å²) in [5.74, 6) is 0.794. The number of aromatic nitrogens is 1. The normalized spacial score (nSPS) is 29.4. The minimum Gasteiger partial charge on any atom is -0.382 e. The van der Waals surface area contributed by atoms with E-state index in [1.54, 1.807) is 0 Å². The third-order valence-electron chi connectivity index (χ3n) is 3.38. The SMILES string of the molecule is c1cc2c(cn1)NCC1CCCC1N2. The molecule has 2 aliphatic rings. The highest BCUT2D eigenvalue weighted by atomic mass is 15.0. The van der Waals surface area contributed by atoms with Crippen LogP contribution in [0.2, 0.25) is 0 Å². The molecule has 2 heterocycles. The zero-order valence-electron chi connectivity index (χ0n) is 8.16. The maximum absolute atomic E-state index is 4.13. The van der Waals surface area contributed by atoms with E-state index >= 15 is 0 Å². The first kappa shape index (κ1) is 8.09. The molecule has 3 nitrogen and oxygen atoms in total. The Morgan fingerprint density at radius 1 is 1.29 bits per heavy atom. The molecule has 1 aliphatic heterocycles. The van der Waals surface area contributed by atoms with Crippen molar-refractivity contribution in [2.24, 2.45) is 5.92 Å². The number of nitrogens with one attached hydrogen (secondary N) is 2. The number of fused-ring (bicyclic) bond motifs is 2. The predicted octanol–water partition coefficient (Wildman–Crippen LogP) is 2.09. The minimum atomic E-state index is 0.672. The van der Waals surface area contributed by atoms with Gasteiger partial charge in [-0.2, -0.15) is 0 Å². The Hall–Kier alpha value is -1.25. The summed E-state index contributed by atoms with van der Waals surface area (Å²) in [6.07, 6.45) is 7.79. The van der Waals surface area contributed by atoms with Gasteiger partial charge in [0, 0.05) is 18.8 Å². The molecular weight excluding hydrogens is 174 g/mol. The minimum absolute atomic E-state index is 0.672. The first-order valence-electron chi connectivity index (χ1n) is 5.38. The van der Waals surface area contributed by atoms with E-state index in [1.807, 2.05) is 12.4 Å². The summed E-state index contributed by atoms with van der Waals surface area (Å²) in [7, 11) is 0. The smallest absolute Gasteiger partial charge is 0.0762 e. The van der Waals surface area contributed by atoms with Crippen LogP contribution in [0, 0.1) is 5.92 Å². The highest BCUT2D eigenvalue weighted by Gasteiger charge is 2.29. The second-order valence-electron chi connectivity index (χ2n) is 4.24. The maximum Gasteiger partial charge on any atom is 0.0762 e. The van der Waals surface area contributed by atoms with Crippen molar-refractivity contribution in [1.29, 1.82) is 0 Å². The molecule has 0 bridgehead atoms. The molecular formula is C11H15N3. The van der Waals surface area contributed by atoms with Crippen LogP contribution < -0.4 is 10.6 Å². The molecule has 0 amide bonds. The van der Waals surface area contributed by atoms with Crippen LogP contribution in [-0.4, -0.2) is 17.6 Å². The second-order valence-corrected chi connectivity index (χ2v) is 4.24. The van der Waals surface area contributed by atoms with Crippen molar-refractivity contribution in [1.82, 2.24) is 4.98 Å². The fraction of sp³-hybridized carbons (Fsp3) is 0.545. The standard InChI is InChI=1S/C11H15N3/c1-2-8-6-13-11-7-12-5-4-10(11)14-9(8)3-1/h4-5,7-9,13-14H,1-3,6H2. The maximum atomic E-state index is 4.13. The van der Waals surface area contributed by atoms with Crippen molar-refractivity contribution in [2.45, 2.75) is 25.3 Å². The number of nitrogens with zero attached hydrogens (tertiary/aromatic N) is 1. The van der Waals surface area contributed by atoms with Gasteiger partial charge >= 0.3 is 0 Å². The quantitative estimate of drug-likeness (QED) is 0.656. The van der Waals surface area contributed by atoms with E-state index in [1.165, 1.54) is 24.9 Å². The third kappa shape index (κ3) is 1.24. The van der Waals surface area contributed by atoms with Crippen LogP contribution in [0.1, 0.15) is 19.3 Å². The van der Waals surface area contributed by atoms with Crippen LogP contribution in [0.5, 0.6) is 0 Å². The highest BCUT2D eigenvalue weighted by molar-refractivity contribution is 5.68. The Labute approximate surface area is 83.9 Å². The van der Waals surface area contributed by atoms with Gasteiger partial charge in [0.1, 0.15) is 0 Å². The van der Waals surface area contributed by atoms with Gasteiger partial charge in [0.05, 0.1) is 17.6 Å². The summed E-state index contributed by atoms with van der Waals surface area (Å²) >= 11 is 0.